The third kappa shape index (κ3) is 3.32. The molecule has 0 saturated carbocycles. The number of benzene rings is 1. The van der Waals surface area contributed by atoms with Crippen LogP contribution in [0.15, 0.2) is 27.6 Å². The van der Waals surface area contributed by atoms with E-state index in [4.69, 9.17) is 27.9 Å². The lowest BCUT2D eigenvalue weighted by Crippen LogP contribution is -2.05. The number of fused-ring (bicyclic) bond motifs is 1. The van der Waals surface area contributed by atoms with Crippen LogP contribution in [-0.4, -0.2) is 27.6 Å². The van der Waals surface area contributed by atoms with Gasteiger partial charge in [-0.1, -0.05) is 23.2 Å². The van der Waals surface area contributed by atoms with E-state index in [1.54, 1.807) is 7.11 Å². The van der Waals surface area contributed by atoms with E-state index in [1.165, 1.54) is 23.3 Å². The highest BCUT2D eigenvalue weighted by atomic mass is 35.5. The van der Waals surface area contributed by atoms with Crippen LogP contribution in [0.4, 0.5) is 0 Å². The van der Waals surface area contributed by atoms with Crippen LogP contribution in [-0.2, 0) is 11.3 Å². The van der Waals surface area contributed by atoms with Crippen molar-refractivity contribution in [3.05, 3.63) is 33.9 Å². The van der Waals surface area contributed by atoms with Crippen molar-refractivity contribution in [2.75, 3.05) is 13.7 Å². The molecule has 5 nitrogen and oxygen atoms in total. The summed E-state index contributed by atoms with van der Waals surface area (Å²) in [4.78, 5) is 4.62. The van der Waals surface area contributed by atoms with Gasteiger partial charge in [0.15, 0.2) is 10.3 Å². The van der Waals surface area contributed by atoms with E-state index in [1.807, 2.05) is 22.8 Å². The summed E-state index contributed by atoms with van der Waals surface area (Å²) in [5.41, 5.74) is 2.14. The fourth-order valence-electron chi connectivity index (χ4n) is 2.06. The van der Waals surface area contributed by atoms with E-state index in [-0.39, 0.29) is 5.15 Å². The second-order valence-corrected chi connectivity index (χ2v) is 7.33. The van der Waals surface area contributed by atoms with Crippen molar-refractivity contribution in [3.8, 4) is 6.07 Å². The van der Waals surface area contributed by atoms with Crippen LogP contribution in [0.1, 0.15) is 5.56 Å². The lowest BCUT2D eigenvalue weighted by Gasteiger charge is -2.07. The van der Waals surface area contributed by atoms with Crippen LogP contribution in [0.25, 0.3) is 11.0 Å². The van der Waals surface area contributed by atoms with Gasteiger partial charge in [-0.25, -0.2) is 4.98 Å². The molecule has 0 unspecified atom stereocenters. The first-order valence-corrected chi connectivity index (χ1v) is 8.86. The monoisotopic (exact) mass is 384 g/mol. The zero-order chi connectivity index (χ0) is 16.4. The van der Waals surface area contributed by atoms with Gasteiger partial charge in [-0.05, 0) is 41.5 Å². The third-order valence-electron chi connectivity index (χ3n) is 3.11. The first-order chi connectivity index (χ1) is 11.1. The van der Waals surface area contributed by atoms with Crippen LogP contribution >= 0.6 is 46.5 Å². The molecule has 0 N–H and O–H groups in total. The Labute approximate surface area is 151 Å². The molecule has 0 aliphatic carbocycles. The smallest absolute Gasteiger partial charge is 0.174 e. The summed E-state index contributed by atoms with van der Waals surface area (Å²) in [7, 11) is 1.65. The van der Waals surface area contributed by atoms with Crippen molar-refractivity contribution < 1.29 is 4.74 Å². The molecule has 0 radical (unpaired) electrons. The number of hydrogen-bond acceptors (Lipinski definition) is 6. The minimum atomic E-state index is 0.225. The lowest BCUT2D eigenvalue weighted by molar-refractivity contribution is 0.186. The minimum Gasteiger partial charge on any atom is -0.383 e. The molecule has 3 aromatic rings. The molecule has 0 aliphatic heterocycles. The Hall–Kier alpha value is -1.30. The van der Waals surface area contributed by atoms with Crippen LogP contribution in [0.5, 0.6) is 0 Å². The fourth-order valence-corrected chi connectivity index (χ4v) is 4.40. The Morgan fingerprint density at radius 3 is 3.00 bits per heavy atom. The van der Waals surface area contributed by atoms with Crippen molar-refractivity contribution >= 4 is 57.5 Å². The number of aromatic nitrogens is 3. The van der Waals surface area contributed by atoms with Crippen molar-refractivity contribution in [1.29, 1.82) is 5.26 Å². The molecule has 0 aliphatic rings. The van der Waals surface area contributed by atoms with E-state index >= 15 is 0 Å². The Balaban J connectivity index is 2.06. The first kappa shape index (κ1) is 16.6. The zero-order valence-corrected chi connectivity index (χ0v) is 15.1. The summed E-state index contributed by atoms with van der Waals surface area (Å²) in [6.45, 7) is 1.20. The van der Waals surface area contributed by atoms with Crippen LogP contribution in [0, 0.1) is 11.3 Å². The molecule has 23 heavy (non-hydrogen) atoms. The molecular weight excluding hydrogens is 375 g/mol. The molecule has 3 rings (SSSR count). The number of ether oxygens (including phenoxy) is 1. The van der Waals surface area contributed by atoms with Crippen molar-refractivity contribution in [1.82, 2.24) is 13.9 Å². The van der Waals surface area contributed by atoms with E-state index in [2.05, 4.69) is 15.4 Å². The summed E-state index contributed by atoms with van der Waals surface area (Å²) in [5.74, 6) is 0. The first-order valence-electron chi connectivity index (χ1n) is 6.52. The van der Waals surface area contributed by atoms with E-state index < -0.39 is 0 Å². The number of nitriles is 1. The van der Waals surface area contributed by atoms with Gasteiger partial charge in [0.2, 0.25) is 0 Å². The zero-order valence-electron chi connectivity index (χ0n) is 11.9. The lowest BCUT2D eigenvalue weighted by atomic mass is 10.3. The summed E-state index contributed by atoms with van der Waals surface area (Å²) < 4.78 is 12.0. The largest absolute Gasteiger partial charge is 0.383 e. The van der Waals surface area contributed by atoms with Crippen LogP contribution < -0.4 is 0 Å². The number of imidazole rings is 1. The Morgan fingerprint density at radius 2 is 2.26 bits per heavy atom. The van der Waals surface area contributed by atoms with E-state index in [9.17, 15) is 5.26 Å². The number of rotatable bonds is 5. The number of nitrogens with zero attached hydrogens (tertiary/aromatic N) is 4. The molecule has 0 spiro atoms. The summed E-state index contributed by atoms with van der Waals surface area (Å²) in [6, 6.07) is 7.65. The average molecular weight is 385 g/mol. The van der Waals surface area contributed by atoms with Crippen LogP contribution in [0.2, 0.25) is 10.2 Å². The van der Waals surface area contributed by atoms with Gasteiger partial charge in [-0.3, -0.25) is 0 Å². The van der Waals surface area contributed by atoms with Crippen molar-refractivity contribution in [2.45, 2.75) is 15.9 Å². The van der Waals surface area contributed by atoms with Crippen molar-refractivity contribution in [2.24, 2.45) is 0 Å². The topological polar surface area (TPSA) is 63.7 Å². The SMILES string of the molecule is COCCn1c(Sc2snc(Cl)c2C#N)nc2cc(Cl)ccc21. The summed E-state index contributed by atoms with van der Waals surface area (Å²) >= 11 is 14.5. The van der Waals surface area contributed by atoms with Gasteiger partial charge in [0.25, 0.3) is 0 Å². The maximum atomic E-state index is 9.21. The summed E-state index contributed by atoms with van der Waals surface area (Å²) in [5, 5.41) is 10.8. The highest BCUT2D eigenvalue weighted by molar-refractivity contribution is 8.01. The second kappa shape index (κ2) is 7.07. The van der Waals surface area contributed by atoms with E-state index in [0.717, 1.165) is 20.4 Å². The van der Waals surface area contributed by atoms with Gasteiger partial charge in [0.05, 0.1) is 17.6 Å². The predicted molar refractivity (Wildman–Crippen MR) is 92.6 cm³/mol. The molecule has 118 valence electrons. The normalized spacial score (nSPS) is 11.0. The highest BCUT2D eigenvalue weighted by Crippen LogP contribution is 2.37. The Bertz CT molecular complexity index is 900. The fraction of sp³-hybridized carbons (Fsp3) is 0.214. The molecule has 2 aromatic heterocycles. The van der Waals surface area contributed by atoms with Gasteiger partial charge in [0.1, 0.15) is 15.8 Å². The second-order valence-electron chi connectivity index (χ2n) is 4.52. The molecule has 1 aromatic carbocycles. The molecule has 2 heterocycles. The van der Waals surface area contributed by atoms with E-state index in [0.29, 0.717) is 23.7 Å². The third-order valence-corrected chi connectivity index (χ3v) is 5.72. The standard InChI is InChI=1S/C14H10Cl2N4OS2/c1-21-5-4-20-11-3-2-8(15)6-10(11)18-14(20)22-13-9(7-17)12(16)19-23-13/h2-3,6H,4-5H2,1H3. The van der Waals surface area contributed by atoms with Gasteiger partial charge < -0.3 is 9.30 Å². The van der Waals surface area contributed by atoms with Crippen molar-refractivity contribution in [3.63, 3.8) is 0 Å². The Morgan fingerprint density at radius 1 is 1.43 bits per heavy atom. The maximum absolute atomic E-state index is 9.21. The maximum Gasteiger partial charge on any atom is 0.174 e. The highest BCUT2D eigenvalue weighted by Gasteiger charge is 2.18. The molecule has 0 atom stereocenters. The molecular formula is C14H10Cl2N4OS2. The number of methoxy groups -OCH3 is 1. The van der Waals surface area contributed by atoms with Gasteiger partial charge in [0, 0.05) is 18.7 Å². The molecule has 0 saturated heterocycles. The molecule has 0 bridgehead atoms. The average Bonchev–Trinajstić information content (AvgIpc) is 3.05. The quantitative estimate of drug-likeness (QED) is 0.649. The molecule has 0 fully saturated rings. The number of halogens is 2. The van der Waals surface area contributed by atoms with Gasteiger partial charge >= 0.3 is 0 Å². The summed E-state index contributed by atoms with van der Waals surface area (Å²) in [6.07, 6.45) is 0. The molecule has 0 amide bonds. The van der Waals surface area contributed by atoms with Gasteiger partial charge in [-0.2, -0.15) is 9.64 Å². The predicted octanol–water partition coefficient (Wildman–Crippen LogP) is 4.47. The number of hydrogen-bond donors (Lipinski definition) is 0. The van der Waals surface area contributed by atoms with Crippen LogP contribution in [0.3, 0.4) is 0 Å². The molecule has 9 heteroatoms. The Kier molecular flexibility index (Phi) is 5.09. The minimum absolute atomic E-state index is 0.225. The van der Waals surface area contributed by atoms with Gasteiger partial charge in [-0.15, -0.1) is 0 Å².